The van der Waals surface area contributed by atoms with E-state index < -0.39 is 11.2 Å². The number of hydrogen-bond donors (Lipinski definition) is 1. The van der Waals surface area contributed by atoms with Crippen LogP contribution in [0.15, 0.2) is 30.6 Å². The van der Waals surface area contributed by atoms with Crippen LogP contribution in [0.4, 0.5) is 18.2 Å². The van der Waals surface area contributed by atoms with E-state index in [9.17, 15) is 18.0 Å². The minimum absolute atomic E-state index is 0.0686. The summed E-state index contributed by atoms with van der Waals surface area (Å²) in [6, 6.07) is 7.02. The molecule has 3 aromatic heterocycles. The Morgan fingerprint density at radius 1 is 1.24 bits per heavy atom. The monoisotopic (exact) mass is 490 g/mol. The quantitative estimate of drug-likeness (QED) is 0.472. The van der Waals surface area contributed by atoms with Crippen LogP contribution < -0.4 is 4.90 Å². The van der Waals surface area contributed by atoms with Crippen LogP contribution in [0.1, 0.15) is 17.8 Å². The van der Waals surface area contributed by atoms with Crippen LogP contribution in [-0.2, 0) is 17.5 Å². The van der Waals surface area contributed by atoms with Crippen LogP contribution in [0, 0.1) is 6.92 Å². The number of para-hydroxylation sites is 2. The molecule has 0 spiro atoms. The Morgan fingerprint density at radius 2 is 2.03 bits per heavy atom. The van der Waals surface area contributed by atoms with Crippen molar-refractivity contribution >= 4 is 33.3 Å². The first-order chi connectivity index (χ1) is 16.2. The third-order valence-electron chi connectivity index (χ3n) is 5.79. The Labute approximate surface area is 196 Å². The zero-order valence-corrected chi connectivity index (χ0v) is 19.2. The summed E-state index contributed by atoms with van der Waals surface area (Å²) >= 11 is 0.599. The maximum absolute atomic E-state index is 13.6. The maximum Gasteiger partial charge on any atom is 0.443 e. The van der Waals surface area contributed by atoms with E-state index in [1.165, 1.54) is 11.0 Å². The highest BCUT2D eigenvalue weighted by Crippen LogP contribution is 2.42. The summed E-state index contributed by atoms with van der Waals surface area (Å²) in [5.41, 5.74) is 1.54. The first-order valence-corrected chi connectivity index (χ1v) is 11.4. The number of nitrogens with one attached hydrogen (secondary N) is 1. The molecule has 0 bridgehead atoms. The molecule has 1 atom stereocenters. The van der Waals surface area contributed by atoms with Gasteiger partial charge in [-0.2, -0.15) is 18.3 Å². The normalized spacial score (nSPS) is 17.0. The number of thiazole rings is 1. The molecule has 4 aromatic rings. The molecule has 1 saturated heterocycles. The van der Waals surface area contributed by atoms with Crippen molar-refractivity contribution in [2.75, 3.05) is 24.5 Å². The van der Waals surface area contributed by atoms with Crippen LogP contribution in [-0.4, -0.2) is 66.2 Å². The molecule has 34 heavy (non-hydrogen) atoms. The molecule has 1 aliphatic rings. The Hall–Kier alpha value is -3.48. The number of H-pyrrole nitrogens is 1. The molecule has 0 radical (unpaired) electrons. The number of carbonyl (C=O) groups excluding carboxylic acids is 1. The molecule has 5 rings (SSSR count). The number of alkyl halides is 3. The lowest BCUT2D eigenvalue weighted by atomic mass is 10.2. The number of fused-ring (bicyclic) bond motifs is 1. The standard InChI is InChI=1S/C21H21F3N8OS/c1-12-9-30(7-8-31(12)16(33)10-32-13(2)25-11-26-32)19-17(29-20(34-19)21(22,23)24)18-27-14-5-3-4-6-15(14)28-18/h3-6,11-12H,7-10H2,1-2H3,(H,27,28)/t12-/m1/s1. The lowest BCUT2D eigenvalue weighted by Gasteiger charge is -2.40. The zero-order chi connectivity index (χ0) is 24.0. The number of anilines is 1. The Morgan fingerprint density at radius 3 is 2.71 bits per heavy atom. The largest absolute Gasteiger partial charge is 0.443 e. The molecule has 0 aliphatic carbocycles. The van der Waals surface area contributed by atoms with Crippen molar-refractivity contribution < 1.29 is 18.0 Å². The fourth-order valence-corrected chi connectivity index (χ4v) is 5.05. The number of halogens is 3. The molecule has 1 N–H and O–H groups in total. The summed E-state index contributed by atoms with van der Waals surface area (Å²) in [6.45, 7) is 4.83. The van der Waals surface area contributed by atoms with Gasteiger partial charge in [0, 0.05) is 25.7 Å². The number of aromatic nitrogens is 6. The summed E-state index contributed by atoms with van der Waals surface area (Å²) in [4.78, 5) is 31.9. The third-order valence-corrected chi connectivity index (χ3v) is 6.96. The summed E-state index contributed by atoms with van der Waals surface area (Å²) in [5, 5.41) is 3.51. The van der Waals surface area contributed by atoms with Crippen molar-refractivity contribution in [3.8, 4) is 11.5 Å². The number of amides is 1. The van der Waals surface area contributed by atoms with E-state index in [4.69, 9.17) is 0 Å². The number of nitrogens with zero attached hydrogens (tertiary/aromatic N) is 7. The van der Waals surface area contributed by atoms with Gasteiger partial charge in [-0.25, -0.2) is 19.6 Å². The predicted octanol–water partition coefficient (Wildman–Crippen LogP) is 3.34. The van der Waals surface area contributed by atoms with Gasteiger partial charge in [-0.05, 0) is 26.0 Å². The van der Waals surface area contributed by atoms with Gasteiger partial charge in [0.2, 0.25) is 10.9 Å². The molecule has 1 aromatic carbocycles. The van der Waals surface area contributed by atoms with Gasteiger partial charge in [0.05, 0.1) is 11.0 Å². The highest BCUT2D eigenvalue weighted by atomic mass is 32.1. The van der Waals surface area contributed by atoms with E-state index >= 15 is 0 Å². The number of aryl methyl sites for hydroxylation is 1. The first kappa shape index (κ1) is 22.3. The van der Waals surface area contributed by atoms with Crippen molar-refractivity contribution in [2.45, 2.75) is 32.6 Å². The fourth-order valence-electron chi connectivity index (χ4n) is 4.08. The number of carbonyl (C=O) groups is 1. The second-order valence-electron chi connectivity index (χ2n) is 8.12. The topological polar surface area (TPSA) is 95.8 Å². The Kier molecular flexibility index (Phi) is 5.50. The SMILES string of the molecule is Cc1ncnn1CC(=O)N1CCN(c2sc(C(F)(F)F)nc2-c2nc3ccccc3[nH]2)C[C@H]1C. The van der Waals surface area contributed by atoms with Gasteiger partial charge in [-0.1, -0.05) is 23.5 Å². The molecule has 0 unspecified atom stereocenters. The van der Waals surface area contributed by atoms with Crippen LogP contribution in [0.3, 0.4) is 0 Å². The highest BCUT2D eigenvalue weighted by Gasteiger charge is 2.39. The highest BCUT2D eigenvalue weighted by molar-refractivity contribution is 7.16. The van der Waals surface area contributed by atoms with E-state index in [2.05, 4.69) is 25.0 Å². The van der Waals surface area contributed by atoms with Crippen molar-refractivity contribution in [3.63, 3.8) is 0 Å². The van der Waals surface area contributed by atoms with Crippen LogP contribution in [0.25, 0.3) is 22.6 Å². The number of piperazine rings is 1. The minimum atomic E-state index is -4.57. The molecule has 0 saturated carbocycles. The van der Waals surface area contributed by atoms with Gasteiger partial charge in [-0.3, -0.25) is 4.79 Å². The lowest BCUT2D eigenvalue weighted by molar-refractivity contribution is -0.137. The van der Waals surface area contributed by atoms with Gasteiger partial charge < -0.3 is 14.8 Å². The molecule has 1 fully saturated rings. The Bertz CT molecular complexity index is 1310. The summed E-state index contributed by atoms with van der Waals surface area (Å²) in [7, 11) is 0. The number of imidazole rings is 1. The van der Waals surface area contributed by atoms with Crippen molar-refractivity contribution in [3.05, 3.63) is 41.4 Å². The van der Waals surface area contributed by atoms with E-state index in [-0.39, 0.29) is 30.0 Å². The van der Waals surface area contributed by atoms with Gasteiger partial charge in [0.25, 0.3) is 0 Å². The molecule has 1 aliphatic heterocycles. The van der Waals surface area contributed by atoms with Crippen molar-refractivity contribution in [2.24, 2.45) is 0 Å². The van der Waals surface area contributed by atoms with E-state index in [0.29, 0.717) is 47.3 Å². The minimum Gasteiger partial charge on any atom is -0.358 e. The zero-order valence-electron chi connectivity index (χ0n) is 18.4. The van der Waals surface area contributed by atoms with Crippen molar-refractivity contribution in [1.82, 2.24) is 34.6 Å². The van der Waals surface area contributed by atoms with E-state index in [1.807, 2.05) is 30.0 Å². The molecule has 4 heterocycles. The van der Waals surface area contributed by atoms with Crippen LogP contribution >= 0.6 is 11.3 Å². The summed E-state index contributed by atoms with van der Waals surface area (Å²) < 4.78 is 42.2. The Balaban J connectivity index is 1.42. The number of rotatable bonds is 4. The lowest BCUT2D eigenvalue weighted by Crippen LogP contribution is -2.54. The van der Waals surface area contributed by atoms with Crippen molar-refractivity contribution in [1.29, 1.82) is 0 Å². The molecule has 1 amide bonds. The third kappa shape index (κ3) is 4.11. The molecule has 9 nitrogen and oxygen atoms in total. The van der Waals surface area contributed by atoms with Crippen LogP contribution in [0.5, 0.6) is 0 Å². The number of hydrogen-bond acceptors (Lipinski definition) is 7. The molecule has 178 valence electrons. The average Bonchev–Trinajstić information content (AvgIpc) is 3.51. The van der Waals surface area contributed by atoms with Gasteiger partial charge in [0.1, 0.15) is 29.4 Å². The van der Waals surface area contributed by atoms with E-state index in [0.717, 1.165) is 5.52 Å². The van der Waals surface area contributed by atoms with Gasteiger partial charge in [-0.15, -0.1) is 0 Å². The maximum atomic E-state index is 13.6. The second kappa shape index (κ2) is 8.38. The van der Waals surface area contributed by atoms with Gasteiger partial charge >= 0.3 is 6.18 Å². The molecular formula is C21H21F3N8OS. The predicted molar refractivity (Wildman–Crippen MR) is 120 cm³/mol. The fraction of sp³-hybridized carbons (Fsp3) is 0.381. The van der Waals surface area contributed by atoms with Crippen LogP contribution in [0.2, 0.25) is 0 Å². The second-order valence-corrected chi connectivity index (χ2v) is 9.10. The van der Waals surface area contributed by atoms with E-state index in [1.54, 1.807) is 17.9 Å². The smallest absolute Gasteiger partial charge is 0.358 e. The number of aromatic amines is 1. The van der Waals surface area contributed by atoms with Gasteiger partial charge in [0.15, 0.2) is 5.82 Å². The molecular weight excluding hydrogens is 469 g/mol. The number of benzene rings is 1. The summed E-state index contributed by atoms with van der Waals surface area (Å²) in [5.74, 6) is 0.814. The first-order valence-electron chi connectivity index (χ1n) is 10.6. The average molecular weight is 491 g/mol. The molecule has 13 heteroatoms. The summed E-state index contributed by atoms with van der Waals surface area (Å²) in [6.07, 6.45) is -3.17.